The Kier molecular flexibility index (Phi) is 4.55. The third-order valence-electron chi connectivity index (χ3n) is 3.11. The highest BCUT2D eigenvalue weighted by Gasteiger charge is 2.16. The van der Waals surface area contributed by atoms with Crippen molar-refractivity contribution in [2.45, 2.75) is 19.4 Å². The molecule has 110 valence electrons. The first-order chi connectivity index (χ1) is 9.95. The first-order valence-corrected chi connectivity index (χ1v) is 6.56. The maximum absolute atomic E-state index is 13.6. The second-order valence-corrected chi connectivity index (χ2v) is 4.95. The smallest absolute Gasteiger partial charge is 0.241 e. The summed E-state index contributed by atoms with van der Waals surface area (Å²) < 4.78 is 13.6. The van der Waals surface area contributed by atoms with Crippen LogP contribution in [0.25, 0.3) is 0 Å². The van der Waals surface area contributed by atoms with Crippen molar-refractivity contribution in [1.82, 2.24) is 0 Å². The summed E-state index contributed by atoms with van der Waals surface area (Å²) in [6.45, 7) is 1.81. The van der Waals surface area contributed by atoms with Gasteiger partial charge in [0.2, 0.25) is 5.91 Å². The zero-order valence-electron chi connectivity index (χ0n) is 11.6. The lowest BCUT2D eigenvalue weighted by Crippen LogP contribution is -2.37. The Labute approximate surface area is 122 Å². The summed E-state index contributed by atoms with van der Waals surface area (Å²) in [6, 6.07) is 10.1. The average Bonchev–Trinajstić information content (AvgIpc) is 2.45. The molecule has 2 rings (SSSR count). The van der Waals surface area contributed by atoms with Crippen molar-refractivity contribution in [1.29, 1.82) is 0 Å². The fraction of sp³-hybridized carbons (Fsp3) is 0.188. The number of hydrogen-bond donors (Lipinski definition) is 3. The Morgan fingerprint density at radius 3 is 2.62 bits per heavy atom. The van der Waals surface area contributed by atoms with E-state index in [-0.39, 0.29) is 11.4 Å². The van der Waals surface area contributed by atoms with E-state index in [0.29, 0.717) is 6.42 Å². The Bertz CT molecular complexity index is 641. The van der Waals surface area contributed by atoms with Crippen LogP contribution in [0.15, 0.2) is 42.5 Å². The number of nitrogens with two attached hydrogens (primary N) is 1. The van der Waals surface area contributed by atoms with Crippen LogP contribution in [0.2, 0.25) is 0 Å². The van der Waals surface area contributed by atoms with Crippen molar-refractivity contribution in [3.05, 3.63) is 59.4 Å². The molecule has 21 heavy (non-hydrogen) atoms. The monoisotopic (exact) mass is 288 g/mol. The number of aromatic hydroxyl groups is 1. The average molecular weight is 288 g/mol. The van der Waals surface area contributed by atoms with E-state index in [1.807, 2.05) is 6.92 Å². The van der Waals surface area contributed by atoms with Crippen LogP contribution in [0.3, 0.4) is 0 Å². The molecule has 1 unspecified atom stereocenters. The molecule has 4 nitrogen and oxygen atoms in total. The molecular weight excluding hydrogens is 271 g/mol. The molecule has 0 heterocycles. The molecule has 4 N–H and O–H groups in total. The van der Waals surface area contributed by atoms with Crippen molar-refractivity contribution in [2.75, 3.05) is 5.32 Å². The van der Waals surface area contributed by atoms with Crippen LogP contribution in [0.1, 0.15) is 11.1 Å². The number of halogens is 1. The van der Waals surface area contributed by atoms with E-state index >= 15 is 0 Å². The topological polar surface area (TPSA) is 75.4 Å². The van der Waals surface area contributed by atoms with Gasteiger partial charge in [-0.2, -0.15) is 0 Å². The minimum Gasteiger partial charge on any atom is -0.508 e. The number of phenols is 1. The third kappa shape index (κ3) is 4.03. The van der Waals surface area contributed by atoms with E-state index < -0.39 is 17.8 Å². The number of phenolic OH excluding ortho intramolecular Hbond substituents is 1. The number of aryl methyl sites for hydroxylation is 1. The van der Waals surface area contributed by atoms with Gasteiger partial charge in [0.15, 0.2) is 0 Å². The molecule has 0 aliphatic carbocycles. The maximum atomic E-state index is 13.6. The van der Waals surface area contributed by atoms with Crippen molar-refractivity contribution in [3.8, 4) is 5.75 Å². The van der Waals surface area contributed by atoms with Crippen molar-refractivity contribution in [3.63, 3.8) is 0 Å². The minimum atomic E-state index is -0.797. The van der Waals surface area contributed by atoms with Crippen LogP contribution >= 0.6 is 0 Å². The lowest BCUT2D eigenvalue weighted by molar-refractivity contribution is -0.117. The SMILES string of the molecule is Cc1ccc(F)c(NC(=O)C(N)Cc2ccc(O)cc2)c1. The molecular formula is C16H17FN2O2. The van der Waals surface area contributed by atoms with E-state index in [4.69, 9.17) is 5.73 Å². The predicted octanol–water partition coefficient (Wildman–Crippen LogP) is 2.35. The first kappa shape index (κ1) is 15.0. The van der Waals surface area contributed by atoms with Crippen LogP contribution in [0.5, 0.6) is 5.75 Å². The molecule has 5 heteroatoms. The van der Waals surface area contributed by atoms with Gasteiger partial charge in [-0.3, -0.25) is 4.79 Å². The zero-order valence-corrected chi connectivity index (χ0v) is 11.6. The second-order valence-electron chi connectivity index (χ2n) is 4.95. The molecule has 2 aromatic rings. The minimum absolute atomic E-state index is 0.126. The highest BCUT2D eigenvalue weighted by molar-refractivity contribution is 5.95. The summed E-state index contributed by atoms with van der Waals surface area (Å²) in [5.74, 6) is -0.794. The molecule has 1 amide bonds. The van der Waals surface area contributed by atoms with Gasteiger partial charge in [0.1, 0.15) is 11.6 Å². The second kappa shape index (κ2) is 6.37. The Morgan fingerprint density at radius 2 is 1.95 bits per heavy atom. The molecule has 0 fully saturated rings. The number of amides is 1. The predicted molar refractivity (Wildman–Crippen MR) is 79.6 cm³/mol. The number of rotatable bonds is 4. The molecule has 1 atom stereocenters. The van der Waals surface area contributed by atoms with Crippen molar-refractivity contribution in [2.24, 2.45) is 5.73 Å². The number of benzene rings is 2. The van der Waals surface area contributed by atoms with Gasteiger partial charge in [0.25, 0.3) is 0 Å². The largest absolute Gasteiger partial charge is 0.508 e. The number of hydrogen-bond acceptors (Lipinski definition) is 3. The molecule has 0 aliphatic rings. The van der Waals surface area contributed by atoms with Crippen LogP contribution in [0.4, 0.5) is 10.1 Å². The quantitative estimate of drug-likeness (QED) is 0.808. The standard InChI is InChI=1S/C16H17FN2O2/c1-10-2-7-13(17)15(8-10)19-16(21)14(18)9-11-3-5-12(20)6-4-11/h2-8,14,20H,9,18H2,1H3,(H,19,21). The molecule has 0 aromatic heterocycles. The Balaban J connectivity index is 2.02. The lowest BCUT2D eigenvalue weighted by Gasteiger charge is -2.13. The van der Waals surface area contributed by atoms with E-state index in [0.717, 1.165) is 11.1 Å². The van der Waals surface area contributed by atoms with E-state index in [1.165, 1.54) is 18.2 Å². The zero-order chi connectivity index (χ0) is 15.4. The summed E-state index contributed by atoms with van der Waals surface area (Å²) in [5, 5.41) is 11.7. The Morgan fingerprint density at radius 1 is 1.29 bits per heavy atom. The van der Waals surface area contributed by atoms with E-state index in [9.17, 15) is 14.3 Å². The third-order valence-corrected chi connectivity index (χ3v) is 3.11. The summed E-state index contributed by atoms with van der Waals surface area (Å²) in [5.41, 5.74) is 7.62. The number of nitrogens with one attached hydrogen (secondary N) is 1. The van der Waals surface area contributed by atoms with Crippen LogP contribution in [-0.4, -0.2) is 17.1 Å². The van der Waals surface area contributed by atoms with Gasteiger partial charge in [-0.15, -0.1) is 0 Å². The summed E-state index contributed by atoms with van der Waals surface area (Å²) in [7, 11) is 0. The van der Waals surface area contributed by atoms with Crippen LogP contribution in [-0.2, 0) is 11.2 Å². The molecule has 2 aromatic carbocycles. The fourth-order valence-electron chi connectivity index (χ4n) is 1.94. The number of anilines is 1. The van der Waals surface area contributed by atoms with Gasteiger partial charge in [0, 0.05) is 0 Å². The van der Waals surface area contributed by atoms with Crippen LogP contribution in [0, 0.1) is 12.7 Å². The number of carbonyl (C=O) groups is 1. The van der Waals surface area contributed by atoms with Crippen molar-refractivity contribution >= 4 is 11.6 Å². The summed E-state index contributed by atoms with van der Waals surface area (Å²) in [6.07, 6.45) is 0.305. The molecule has 0 bridgehead atoms. The van der Waals surface area contributed by atoms with Crippen LogP contribution < -0.4 is 11.1 Å². The highest BCUT2D eigenvalue weighted by atomic mass is 19.1. The van der Waals surface area contributed by atoms with Gasteiger partial charge < -0.3 is 16.2 Å². The fourth-order valence-corrected chi connectivity index (χ4v) is 1.94. The highest BCUT2D eigenvalue weighted by Crippen LogP contribution is 2.16. The molecule has 0 saturated heterocycles. The summed E-state index contributed by atoms with van der Waals surface area (Å²) in [4.78, 5) is 12.0. The number of carbonyl (C=O) groups excluding carboxylic acids is 1. The van der Waals surface area contributed by atoms with Gasteiger partial charge in [-0.25, -0.2) is 4.39 Å². The molecule has 0 aliphatic heterocycles. The maximum Gasteiger partial charge on any atom is 0.241 e. The van der Waals surface area contributed by atoms with Crippen molar-refractivity contribution < 1.29 is 14.3 Å². The van der Waals surface area contributed by atoms with E-state index in [2.05, 4.69) is 5.32 Å². The van der Waals surface area contributed by atoms with E-state index in [1.54, 1.807) is 24.3 Å². The normalized spacial score (nSPS) is 12.0. The lowest BCUT2D eigenvalue weighted by atomic mass is 10.1. The first-order valence-electron chi connectivity index (χ1n) is 6.56. The molecule has 0 saturated carbocycles. The summed E-state index contributed by atoms with van der Waals surface area (Å²) >= 11 is 0. The van der Waals surface area contributed by atoms with Gasteiger partial charge >= 0.3 is 0 Å². The van der Waals surface area contributed by atoms with Gasteiger partial charge in [-0.05, 0) is 48.7 Å². The van der Waals surface area contributed by atoms with Gasteiger partial charge in [-0.1, -0.05) is 18.2 Å². The molecule has 0 spiro atoms. The van der Waals surface area contributed by atoms with Gasteiger partial charge in [0.05, 0.1) is 11.7 Å². The Hall–Kier alpha value is -2.40. The molecule has 0 radical (unpaired) electrons.